The van der Waals surface area contributed by atoms with Gasteiger partial charge in [-0.2, -0.15) is 0 Å². The summed E-state index contributed by atoms with van der Waals surface area (Å²) in [6.07, 6.45) is -0.772. The Morgan fingerprint density at radius 1 is 1.23 bits per heavy atom. The van der Waals surface area contributed by atoms with Crippen molar-refractivity contribution in [1.29, 1.82) is 0 Å². The lowest BCUT2D eigenvalue weighted by Gasteiger charge is -2.28. The van der Waals surface area contributed by atoms with Crippen molar-refractivity contribution < 1.29 is 33.4 Å². The molecular formula is C17H28N2O7. The number of nitrogens with two attached hydrogens (primary N) is 1. The highest BCUT2D eigenvalue weighted by Crippen LogP contribution is 2.41. The van der Waals surface area contributed by atoms with E-state index in [1.54, 1.807) is 27.7 Å². The molecular weight excluding hydrogens is 344 g/mol. The van der Waals surface area contributed by atoms with E-state index in [0.29, 0.717) is 0 Å². The summed E-state index contributed by atoms with van der Waals surface area (Å²) in [6.45, 7) is 6.75. The number of nitrogens with zero attached hydrogens (tertiary/aromatic N) is 1. The van der Waals surface area contributed by atoms with Crippen LogP contribution in [0.5, 0.6) is 0 Å². The molecule has 148 valence electrons. The molecule has 0 aromatic heterocycles. The van der Waals surface area contributed by atoms with Crippen molar-refractivity contribution in [1.82, 2.24) is 4.90 Å². The van der Waals surface area contributed by atoms with E-state index in [1.165, 1.54) is 7.11 Å². The van der Waals surface area contributed by atoms with Gasteiger partial charge in [0.25, 0.3) is 0 Å². The highest BCUT2D eigenvalue weighted by Gasteiger charge is 2.55. The minimum absolute atomic E-state index is 0.0228. The van der Waals surface area contributed by atoms with Gasteiger partial charge in [-0.05, 0) is 40.5 Å². The monoisotopic (exact) mass is 372 g/mol. The molecule has 1 fully saturated rings. The second-order valence-corrected chi connectivity index (χ2v) is 7.32. The Kier molecular flexibility index (Phi) is 7.00. The maximum absolute atomic E-state index is 12.6. The first kappa shape index (κ1) is 21.7. The predicted molar refractivity (Wildman–Crippen MR) is 90.9 cm³/mol. The summed E-state index contributed by atoms with van der Waals surface area (Å²) in [6, 6.07) is -1.01. The van der Waals surface area contributed by atoms with Gasteiger partial charge in [0, 0.05) is 13.0 Å². The third-order valence-corrected chi connectivity index (χ3v) is 4.09. The van der Waals surface area contributed by atoms with Crippen LogP contribution in [0.1, 0.15) is 47.0 Å². The van der Waals surface area contributed by atoms with Gasteiger partial charge in [-0.15, -0.1) is 0 Å². The molecule has 0 aromatic rings. The zero-order chi connectivity index (χ0) is 20.1. The maximum atomic E-state index is 12.6. The number of primary amides is 1. The first-order chi connectivity index (χ1) is 12.0. The number of methoxy groups -OCH3 is 1. The number of ether oxygens (including phenoxy) is 3. The summed E-state index contributed by atoms with van der Waals surface area (Å²) < 4.78 is 15.2. The second kappa shape index (κ2) is 8.37. The summed E-state index contributed by atoms with van der Waals surface area (Å²) in [4.78, 5) is 49.7. The molecule has 2 amide bonds. The topological polar surface area (TPSA) is 125 Å². The van der Waals surface area contributed by atoms with Crippen molar-refractivity contribution in [2.45, 2.75) is 58.6 Å². The largest absolute Gasteiger partial charge is 0.467 e. The van der Waals surface area contributed by atoms with Gasteiger partial charge < -0.3 is 19.9 Å². The summed E-state index contributed by atoms with van der Waals surface area (Å²) in [7, 11) is 1.20. The number of hydrogen-bond donors (Lipinski definition) is 1. The van der Waals surface area contributed by atoms with Gasteiger partial charge >= 0.3 is 18.0 Å². The number of likely N-dealkylation sites (tertiary alicyclic amines) is 1. The van der Waals surface area contributed by atoms with E-state index >= 15 is 0 Å². The molecule has 0 bridgehead atoms. The summed E-state index contributed by atoms with van der Waals surface area (Å²) in [5.41, 5.74) is 3.21. The van der Waals surface area contributed by atoms with Crippen molar-refractivity contribution >= 4 is 23.9 Å². The summed E-state index contributed by atoms with van der Waals surface area (Å²) >= 11 is 0. The number of hydrogen-bond acceptors (Lipinski definition) is 7. The normalized spacial score (nSPS) is 22.7. The lowest BCUT2D eigenvalue weighted by molar-refractivity contribution is -0.155. The van der Waals surface area contributed by atoms with Gasteiger partial charge in [0.2, 0.25) is 5.91 Å². The van der Waals surface area contributed by atoms with Crippen molar-refractivity contribution in [3.63, 3.8) is 0 Å². The average molecular weight is 372 g/mol. The Hall–Kier alpha value is -2.32. The fourth-order valence-electron chi connectivity index (χ4n) is 2.92. The van der Waals surface area contributed by atoms with Crippen LogP contribution in [0.2, 0.25) is 0 Å². The van der Waals surface area contributed by atoms with Crippen LogP contribution in [0, 0.1) is 5.41 Å². The van der Waals surface area contributed by atoms with Crippen LogP contribution < -0.4 is 5.73 Å². The molecule has 0 saturated carbocycles. The van der Waals surface area contributed by atoms with E-state index in [-0.39, 0.29) is 32.4 Å². The maximum Gasteiger partial charge on any atom is 0.411 e. The smallest absolute Gasteiger partial charge is 0.411 e. The Bertz CT molecular complexity index is 570. The fourth-order valence-corrected chi connectivity index (χ4v) is 2.92. The van der Waals surface area contributed by atoms with Gasteiger partial charge in [-0.1, -0.05) is 0 Å². The minimum Gasteiger partial charge on any atom is -0.467 e. The number of rotatable bonds is 6. The zero-order valence-electron chi connectivity index (χ0n) is 16.0. The quantitative estimate of drug-likeness (QED) is 0.544. The van der Waals surface area contributed by atoms with Crippen LogP contribution in [0.4, 0.5) is 4.79 Å². The van der Waals surface area contributed by atoms with Crippen LogP contribution in [-0.2, 0) is 28.6 Å². The van der Waals surface area contributed by atoms with Crippen LogP contribution in [0.15, 0.2) is 0 Å². The van der Waals surface area contributed by atoms with Crippen LogP contribution in [-0.4, -0.2) is 60.7 Å². The molecule has 9 nitrogen and oxygen atoms in total. The van der Waals surface area contributed by atoms with E-state index in [4.69, 9.17) is 19.9 Å². The molecule has 1 aliphatic rings. The molecule has 1 saturated heterocycles. The van der Waals surface area contributed by atoms with Gasteiger partial charge in [0.05, 0.1) is 19.1 Å². The first-order valence-electron chi connectivity index (χ1n) is 8.48. The van der Waals surface area contributed by atoms with Gasteiger partial charge in [0.15, 0.2) is 0 Å². The molecule has 2 N–H and O–H groups in total. The Balaban J connectivity index is 3.19. The number of amides is 2. The third-order valence-electron chi connectivity index (χ3n) is 4.09. The fraction of sp³-hybridized carbons (Fsp3) is 0.765. The Morgan fingerprint density at radius 2 is 1.85 bits per heavy atom. The predicted octanol–water partition coefficient (Wildman–Crippen LogP) is 0.984. The van der Waals surface area contributed by atoms with Gasteiger partial charge in [-0.3, -0.25) is 14.5 Å². The molecule has 0 aliphatic carbocycles. The SMILES string of the molecule is CCOC(=O)[C@@]1(CCC(N)=O)C[C@@H](C(=O)OC)N(C(=O)OC(C)(C)C)C1. The van der Waals surface area contributed by atoms with E-state index < -0.39 is 41.0 Å². The molecule has 1 aliphatic heterocycles. The average Bonchev–Trinajstić information content (AvgIpc) is 2.92. The summed E-state index contributed by atoms with van der Waals surface area (Å²) in [5, 5.41) is 0. The first-order valence-corrected chi connectivity index (χ1v) is 8.48. The van der Waals surface area contributed by atoms with Crippen molar-refractivity contribution in [2.75, 3.05) is 20.3 Å². The van der Waals surface area contributed by atoms with Crippen molar-refractivity contribution in [3.8, 4) is 0 Å². The van der Waals surface area contributed by atoms with Crippen molar-refractivity contribution in [2.24, 2.45) is 11.1 Å². The third kappa shape index (κ3) is 5.34. The standard InChI is InChI=1S/C17H28N2O7/c1-6-25-14(22)17(8-7-12(18)20)9-11(13(21)24-5)19(10-17)15(23)26-16(2,3)4/h11H,6-10H2,1-5H3,(H2,18,20)/t11-,17-/m0/s1. The molecule has 0 spiro atoms. The van der Waals surface area contributed by atoms with Crippen molar-refractivity contribution in [3.05, 3.63) is 0 Å². The van der Waals surface area contributed by atoms with Gasteiger partial charge in [-0.25, -0.2) is 9.59 Å². The Morgan fingerprint density at radius 3 is 2.31 bits per heavy atom. The Labute approximate surface area is 153 Å². The lowest BCUT2D eigenvalue weighted by Crippen LogP contribution is -2.44. The van der Waals surface area contributed by atoms with Crippen LogP contribution >= 0.6 is 0 Å². The molecule has 1 heterocycles. The molecule has 0 aromatic carbocycles. The molecule has 2 atom stereocenters. The molecule has 1 rings (SSSR count). The van der Waals surface area contributed by atoms with E-state index in [9.17, 15) is 19.2 Å². The molecule has 9 heteroatoms. The summed E-state index contributed by atoms with van der Waals surface area (Å²) in [5.74, 6) is -1.83. The highest BCUT2D eigenvalue weighted by atomic mass is 16.6. The van der Waals surface area contributed by atoms with E-state index in [0.717, 1.165) is 4.90 Å². The lowest BCUT2D eigenvalue weighted by atomic mass is 9.80. The van der Waals surface area contributed by atoms with E-state index in [1.807, 2.05) is 0 Å². The molecule has 0 radical (unpaired) electrons. The molecule has 26 heavy (non-hydrogen) atoms. The van der Waals surface area contributed by atoms with Gasteiger partial charge in [0.1, 0.15) is 11.6 Å². The van der Waals surface area contributed by atoms with Crippen LogP contribution in [0.3, 0.4) is 0 Å². The van der Waals surface area contributed by atoms with E-state index in [2.05, 4.69) is 0 Å². The van der Waals surface area contributed by atoms with Crippen LogP contribution in [0.25, 0.3) is 0 Å². The second-order valence-electron chi connectivity index (χ2n) is 7.32. The highest BCUT2D eigenvalue weighted by molar-refractivity contribution is 5.87. The molecule has 0 unspecified atom stereocenters. The minimum atomic E-state index is -1.22. The number of carbonyl (C=O) groups excluding carboxylic acids is 4. The number of esters is 2. The number of carbonyl (C=O) groups is 4. The zero-order valence-corrected chi connectivity index (χ0v) is 16.0.